The maximum absolute atomic E-state index is 14.8. The van der Waals surface area contributed by atoms with Crippen molar-refractivity contribution in [1.29, 1.82) is 0 Å². The molecule has 0 saturated carbocycles. The highest BCUT2D eigenvalue weighted by molar-refractivity contribution is 5.94. The highest BCUT2D eigenvalue weighted by Crippen LogP contribution is 2.24. The zero-order valence-electron chi connectivity index (χ0n) is 18.4. The second kappa shape index (κ2) is 9.41. The molecule has 0 spiro atoms. The van der Waals surface area contributed by atoms with Crippen LogP contribution >= 0.6 is 0 Å². The molecule has 1 aromatic heterocycles. The third-order valence-corrected chi connectivity index (χ3v) is 5.41. The van der Waals surface area contributed by atoms with E-state index in [4.69, 9.17) is 4.74 Å². The number of amides is 1. The Balaban J connectivity index is 1.45. The lowest BCUT2D eigenvalue weighted by atomic mass is 10.1. The number of aromatic amines is 1. The number of ether oxygens (including phenoxy) is 1. The van der Waals surface area contributed by atoms with Gasteiger partial charge < -0.3 is 15.0 Å². The first kappa shape index (κ1) is 22.5. The average molecular weight is 452 g/mol. The predicted molar refractivity (Wildman–Crippen MR) is 122 cm³/mol. The van der Waals surface area contributed by atoms with Gasteiger partial charge in [-0.15, -0.1) is 0 Å². The molecule has 1 fully saturated rings. The Bertz CT molecular complexity index is 1280. The number of rotatable bonds is 5. The summed E-state index contributed by atoms with van der Waals surface area (Å²) in [5, 5.41) is 5.18. The maximum atomic E-state index is 14.8. The largest absolute Gasteiger partial charge is 0.372 e. The molecule has 33 heavy (non-hydrogen) atoms. The maximum Gasteiger partial charge on any atom is 0.269 e. The van der Waals surface area contributed by atoms with E-state index in [1.807, 2.05) is 18.7 Å². The second-order valence-corrected chi connectivity index (χ2v) is 8.16. The molecule has 0 aliphatic carbocycles. The molecule has 1 saturated heterocycles. The first-order valence-electron chi connectivity index (χ1n) is 10.7. The number of carbonyl (C=O) groups is 1. The van der Waals surface area contributed by atoms with Gasteiger partial charge in [-0.2, -0.15) is 0 Å². The standard InChI is InChI=1S/C24H25FN4O4/c1-15-13-28(14-16(2)33-15)21-7-6-17(10-20(21)25)12-26-24(32)18-4-3-5-19(11-18)29-23(31)9-8-22(30)27-29/h3-11,15-16H,12-14H2,1-2H3,(H,26,32)(H,27,30). The van der Waals surface area contributed by atoms with Crippen LogP contribution in [-0.4, -0.2) is 41.0 Å². The molecule has 1 aliphatic heterocycles. The number of carbonyl (C=O) groups excluding carboxylic acids is 1. The van der Waals surface area contributed by atoms with E-state index in [2.05, 4.69) is 10.4 Å². The average Bonchev–Trinajstić information content (AvgIpc) is 2.78. The summed E-state index contributed by atoms with van der Waals surface area (Å²) in [5.41, 5.74) is 0.940. The number of anilines is 1. The first-order chi connectivity index (χ1) is 15.8. The van der Waals surface area contributed by atoms with E-state index in [0.29, 0.717) is 35.6 Å². The van der Waals surface area contributed by atoms with Crippen molar-refractivity contribution in [3.8, 4) is 5.69 Å². The fourth-order valence-electron chi connectivity index (χ4n) is 3.98. The normalized spacial score (nSPS) is 18.2. The van der Waals surface area contributed by atoms with Gasteiger partial charge >= 0.3 is 0 Å². The SMILES string of the molecule is CC1CN(c2ccc(CNC(=O)c3cccc(-n4[nH]c(=O)ccc4=O)c3)cc2F)CC(C)O1. The highest BCUT2D eigenvalue weighted by Gasteiger charge is 2.24. The molecule has 0 bridgehead atoms. The van der Waals surface area contributed by atoms with Crippen LogP contribution in [0.3, 0.4) is 0 Å². The van der Waals surface area contributed by atoms with Gasteiger partial charge in [-0.05, 0) is 49.7 Å². The van der Waals surface area contributed by atoms with Gasteiger partial charge in [0.05, 0.1) is 23.6 Å². The Hall–Kier alpha value is -3.72. The Morgan fingerprint density at radius 2 is 1.85 bits per heavy atom. The van der Waals surface area contributed by atoms with E-state index in [0.717, 1.165) is 16.8 Å². The van der Waals surface area contributed by atoms with E-state index >= 15 is 0 Å². The van der Waals surface area contributed by atoms with Crippen LogP contribution in [0.25, 0.3) is 5.69 Å². The van der Waals surface area contributed by atoms with Gasteiger partial charge in [0.1, 0.15) is 5.82 Å². The lowest BCUT2D eigenvalue weighted by Crippen LogP contribution is -2.45. The molecule has 4 rings (SSSR count). The van der Waals surface area contributed by atoms with Gasteiger partial charge in [-0.3, -0.25) is 19.5 Å². The number of benzene rings is 2. The van der Waals surface area contributed by atoms with Crippen LogP contribution in [0, 0.1) is 5.82 Å². The van der Waals surface area contributed by atoms with Crippen molar-refractivity contribution in [1.82, 2.24) is 15.1 Å². The summed E-state index contributed by atoms with van der Waals surface area (Å²) < 4.78 is 21.6. The lowest BCUT2D eigenvalue weighted by Gasteiger charge is -2.37. The Morgan fingerprint density at radius 3 is 2.58 bits per heavy atom. The van der Waals surface area contributed by atoms with Crippen molar-refractivity contribution in [3.63, 3.8) is 0 Å². The van der Waals surface area contributed by atoms with Crippen LogP contribution in [0.15, 0.2) is 64.2 Å². The van der Waals surface area contributed by atoms with Gasteiger partial charge in [0.2, 0.25) is 0 Å². The number of nitrogens with zero attached hydrogens (tertiary/aromatic N) is 2. The molecular weight excluding hydrogens is 427 g/mol. The number of hydrogen-bond donors (Lipinski definition) is 2. The molecule has 172 valence electrons. The van der Waals surface area contributed by atoms with Crippen LogP contribution in [0.5, 0.6) is 0 Å². The molecule has 1 amide bonds. The molecule has 2 heterocycles. The minimum Gasteiger partial charge on any atom is -0.372 e. The Labute approximate surface area is 189 Å². The lowest BCUT2D eigenvalue weighted by molar-refractivity contribution is -0.00539. The quantitative estimate of drug-likeness (QED) is 0.619. The van der Waals surface area contributed by atoms with Crippen molar-refractivity contribution < 1.29 is 13.9 Å². The predicted octanol–water partition coefficient (Wildman–Crippen LogP) is 2.21. The van der Waals surface area contributed by atoms with Crippen LogP contribution in [0.1, 0.15) is 29.8 Å². The second-order valence-electron chi connectivity index (χ2n) is 8.16. The smallest absolute Gasteiger partial charge is 0.269 e. The first-order valence-corrected chi connectivity index (χ1v) is 10.7. The molecular formula is C24H25FN4O4. The molecule has 9 heteroatoms. The monoisotopic (exact) mass is 452 g/mol. The van der Waals surface area contributed by atoms with Crippen molar-refractivity contribution in [2.24, 2.45) is 0 Å². The van der Waals surface area contributed by atoms with Gasteiger partial charge in [-0.1, -0.05) is 12.1 Å². The third-order valence-electron chi connectivity index (χ3n) is 5.41. The van der Waals surface area contributed by atoms with Gasteiger partial charge in [0, 0.05) is 37.3 Å². The Morgan fingerprint density at radius 1 is 1.09 bits per heavy atom. The summed E-state index contributed by atoms with van der Waals surface area (Å²) in [6, 6.07) is 13.5. The fourth-order valence-corrected chi connectivity index (χ4v) is 3.98. The minimum absolute atomic E-state index is 0.0208. The summed E-state index contributed by atoms with van der Waals surface area (Å²) in [7, 11) is 0. The number of hydrogen-bond acceptors (Lipinski definition) is 5. The molecule has 1 aliphatic rings. The summed E-state index contributed by atoms with van der Waals surface area (Å²) in [5.74, 6) is -0.735. The number of nitrogens with one attached hydrogen (secondary N) is 2. The van der Waals surface area contributed by atoms with Crippen LogP contribution < -0.4 is 21.3 Å². The summed E-state index contributed by atoms with van der Waals surface area (Å²) >= 11 is 0. The van der Waals surface area contributed by atoms with Crippen molar-refractivity contribution in [2.45, 2.75) is 32.6 Å². The molecule has 2 unspecified atom stereocenters. The molecule has 2 N–H and O–H groups in total. The molecule has 0 radical (unpaired) electrons. The van der Waals surface area contributed by atoms with Crippen molar-refractivity contribution in [3.05, 3.63) is 92.2 Å². The molecule has 2 aromatic carbocycles. The zero-order valence-corrected chi connectivity index (χ0v) is 18.4. The number of halogens is 1. The minimum atomic E-state index is -0.434. The van der Waals surface area contributed by atoms with Gasteiger partial charge in [0.15, 0.2) is 0 Å². The molecule has 3 aromatic rings. The summed E-state index contributed by atoms with van der Waals surface area (Å²) in [6.45, 7) is 5.29. The number of morpholine rings is 1. The van der Waals surface area contributed by atoms with E-state index in [9.17, 15) is 18.8 Å². The third kappa shape index (κ3) is 5.20. The highest BCUT2D eigenvalue weighted by atomic mass is 19.1. The number of aromatic nitrogens is 2. The summed E-state index contributed by atoms with van der Waals surface area (Å²) in [4.78, 5) is 38.2. The molecule has 8 nitrogen and oxygen atoms in total. The van der Waals surface area contributed by atoms with Crippen molar-refractivity contribution >= 4 is 11.6 Å². The van der Waals surface area contributed by atoms with E-state index < -0.39 is 11.1 Å². The van der Waals surface area contributed by atoms with E-state index in [1.165, 1.54) is 12.1 Å². The van der Waals surface area contributed by atoms with Crippen molar-refractivity contribution in [2.75, 3.05) is 18.0 Å². The summed E-state index contributed by atoms with van der Waals surface area (Å²) in [6.07, 6.45) is 0.0416. The van der Waals surface area contributed by atoms with Gasteiger partial charge in [-0.25, -0.2) is 9.07 Å². The van der Waals surface area contributed by atoms with E-state index in [-0.39, 0.29) is 30.5 Å². The zero-order chi connectivity index (χ0) is 23.5. The Kier molecular flexibility index (Phi) is 6.41. The fraction of sp³-hybridized carbons (Fsp3) is 0.292. The van der Waals surface area contributed by atoms with Crippen LogP contribution in [0.2, 0.25) is 0 Å². The van der Waals surface area contributed by atoms with Crippen LogP contribution in [0.4, 0.5) is 10.1 Å². The number of H-pyrrole nitrogens is 1. The van der Waals surface area contributed by atoms with Crippen LogP contribution in [-0.2, 0) is 11.3 Å². The van der Waals surface area contributed by atoms with Gasteiger partial charge in [0.25, 0.3) is 17.0 Å². The molecule has 2 atom stereocenters. The van der Waals surface area contributed by atoms with E-state index in [1.54, 1.807) is 30.3 Å². The topological polar surface area (TPSA) is 96.4 Å².